The number of halogens is 1. The maximum Gasteiger partial charge on any atom is 0.407 e. The summed E-state index contributed by atoms with van der Waals surface area (Å²) in [4.78, 5) is 36.4. The topological polar surface area (TPSA) is 81.7 Å². The van der Waals surface area contributed by atoms with Gasteiger partial charge in [0.25, 0.3) is 0 Å². The van der Waals surface area contributed by atoms with E-state index < -0.39 is 23.6 Å². The van der Waals surface area contributed by atoms with Gasteiger partial charge in [0.1, 0.15) is 5.60 Å². The van der Waals surface area contributed by atoms with E-state index in [-0.39, 0.29) is 18.4 Å². The van der Waals surface area contributed by atoms with Crippen LogP contribution in [-0.4, -0.2) is 36.1 Å². The van der Waals surface area contributed by atoms with Gasteiger partial charge in [0.2, 0.25) is 0 Å². The smallest absolute Gasteiger partial charge is 0.407 e. The molecule has 1 saturated carbocycles. The third-order valence-corrected chi connectivity index (χ3v) is 4.56. The average molecular weight is 426 g/mol. The van der Waals surface area contributed by atoms with Gasteiger partial charge in [0.15, 0.2) is 12.4 Å². The number of Topliss-reactive ketones (excluding diaryl/α,β-unsaturated/α-hetero) is 1. The number of carbonyl (C=O) groups is 3. The summed E-state index contributed by atoms with van der Waals surface area (Å²) < 4.78 is 11.3. The predicted octanol–water partition coefficient (Wildman–Crippen LogP) is 3.87. The number of ether oxygens (including phenoxy) is 2. The molecule has 2 atom stereocenters. The predicted molar refractivity (Wildman–Crippen MR) is 99.9 cm³/mol. The molecule has 6 nitrogen and oxygen atoms in total. The van der Waals surface area contributed by atoms with E-state index >= 15 is 0 Å². The molecular formula is C19H24BrNO5. The molecule has 0 bridgehead atoms. The highest BCUT2D eigenvalue weighted by Crippen LogP contribution is 2.27. The molecule has 0 aliphatic heterocycles. The Morgan fingerprint density at radius 3 is 2.42 bits per heavy atom. The molecule has 1 aromatic rings. The van der Waals surface area contributed by atoms with Gasteiger partial charge >= 0.3 is 12.1 Å². The van der Waals surface area contributed by atoms with Gasteiger partial charge in [-0.15, -0.1) is 0 Å². The van der Waals surface area contributed by atoms with Crippen LogP contribution in [-0.2, 0) is 14.3 Å². The van der Waals surface area contributed by atoms with E-state index in [9.17, 15) is 14.4 Å². The normalized spacial score (nSPS) is 19.7. The van der Waals surface area contributed by atoms with Crippen molar-refractivity contribution in [2.45, 2.75) is 51.7 Å². The number of benzene rings is 1. The van der Waals surface area contributed by atoms with Crippen LogP contribution in [0, 0.1) is 5.92 Å². The van der Waals surface area contributed by atoms with Crippen LogP contribution < -0.4 is 5.32 Å². The number of hydrogen-bond donors (Lipinski definition) is 1. The summed E-state index contributed by atoms with van der Waals surface area (Å²) in [7, 11) is 0. The van der Waals surface area contributed by atoms with E-state index in [4.69, 9.17) is 9.47 Å². The second-order valence-corrected chi connectivity index (χ2v) is 8.24. The molecule has 2 rings (SSSR count). The third-order valence-electron chi connectivity index (χ3n) is 4.03. The summed E-state index contributed by atoms with van der Waals surface area (Å²) in [6.45, 7) is 5.03. The van der Waals surface area contributed by atoms with E-state index in [0.717, 1.165) is 10.9 Å². The summed E-state index contributed by atoms with van der Waals surface area (Å²) in [5.41, 5.74) is -0.119. The van der Waals surface area contributed by atoms with Gasteiger partial charge < -0.3 is 14.8 Å². The highest BCUT2D eigenvalue weighted by Gasteiger charge is 2.36. The molecule has 1 aromatic carbocycles. The van der Waals surface area contributed by atoms with Gasteiger partial charge in [-0.3, -0.25) is 9.59 Å². The Balaban J connectivity index is 1.86. The minimum atomic E-state index is -0.601. The van der Waals surface area contributed by atoms with Crippen LogP contribution in [0.1, 0.15) is 50.4 Å². The first-order valence-corrected chi connectivity index (χ1v) is 9.40. The SMILES string of the molecule is CC(C)(C)OC(=O)NC1CCCC1C(=O)OCC(=O)c1ccc(Br)cc1. The summed E-state index contributed by atoms with van der Waals surface area (Å²) in [5.74, 6) is -1.19. The molecule has 0 spiro atoms. The number of carbonyl (C=O) groups excluding carboxylic acids is 3. The fraction of sp³-hybridized carbons (Fsp3) is 0.526. The molecule has 0 heterocycles. The monoisotopic (exact) mass is 425 g/mol. The number of ketones is 1. The molecule has 1 aliphatic rings. The lowest BCUT2D eigenvalue weighted by Gasteiger charge is -2.24. The van der Waals surface area contributed by atoms with Crippen molar-refractivity contribution < 1.29 is 23.9 Å². The zero-order chi connectivity index (χ0) is 19.3. The molecule has 1 N–H and O–H groups in total. The Kier molecular flexibility index (Phi) is 6.81. The second kappa shape index (κ2) is 8.66. The van der Waals surface area contributed by atoms with Crippen molar-refractivity contribution in [3.05, 3.63) is 34.3 Å². The van der Waals surface area contributed by atoms with Crippen LogP contribution in [0.15, 0.2) is 28.7 Å². The zero-order valence-corrected chi connectivity index (χ0v) is 16.8. The minimum Gasteiger partial charge on any atom is -0.457 e. The second-order valence-electron chi connectivity index (χ2n) is 7.33. The number of alkyl carbamates (subject to hydrolysis) is 1. The summed E-state index contributed by atoms with van der Waals surface area (Å²) in [5, 5.41) is 2.74. The third kappa shape index (κ3) is 6.12. The van der Waals surface area contributed by atoms with Gasteiger partial charge in [-0.25, -0.2) is 4.79 Å². The van der Waals surface area contributed by atoms with E-state index in [0.29, 0.717) is 18.4 Å². The Morgan fingerprint density at radius 2 is 1.81 bits per heavy atom. The van der Waals surface area contributed by atoms with Crippen molar-refractivity contribution >= 4 is 33.8 Å². The molecule has 26 heavy (non-hydrogen) atoms. The van der Waals surface area contributed by atoms with Crippen LogP contribution >= 0.6 is 15.9 Å². The van der Waals surface area contributed by atoms with Crippen molar-refractivity contribution in [3.8, 4) is 0 Å². The molecule has 0 aromatic heterocycles. The van der Waals surface area contributed by atoms with E-state index in [1.165, 1.54) is 0 Å². The minimum absolute atomic E-state index is 0.263. The molecule has 1 fully saturated rings. The van der Waals surface area contributed by atoms with Crippen molar-refractivity contribution in [1.29, 1.82) is 0 Å². The van der Waals surface area contributed by atoms with E-state index in [1.54, 1.807) is 45.0 Å². The first-order chi connectivity index (χ1) is 12.2. The highest BCUT2D eigenvalue weighted by molar-refractivity contribution is 9.10. The van der Waals surface area contributed by atoms with Gasteiger partial charge in [0.05, 0.1) is 5.92 Å². The van der Waals surface area contributed by atoms with Crippen LogP contribution in [0.3, 0.4) is 0 Å². The summed E-state index contributed by atoms with van der Waals surface area (Å²) in [6, 6.07) is 6.52. The maximum absolute atomic E-state index is 12.3. The molecule has 0 saturated heterocycles. The first kappa shape index (κ1) is 20.4. The van der Waals surface area contributed by atoms with Crippen LogP contribution in [0.2, 0.25) is 0 Å². The largest absolute Gasteiger partial charge is 0.457 e. The van der Waals surface area contributed by atoms with E-state index in [2.05, 4.69) is 21.2 Å². The van der Waals surface area contributed by atoms with Crippen LogP contribution in [0.25, 0.3) is 0 Å². The summed E-state index contributed by atoms with van der Waals surface area (Å²) in [6.07, 6.45) is 1.56. The average Bonchev–Trinajstić information content (AvgIpc) is 2.99. The quantitative estimate of drug-likeness (QED) is 0.571. The van der Waals surface area contributed by atoms with Gasteiger partial charge in [0, 0.05) is 16.1 Å². The van der Waals surface area contributed by atoms with Crippen LogP contribution in [0.4, 0.5) is 4.79 Å². The molecule has 1 amide bonds. The standard InChI is InChI=1S/C19H24BrNO5/c1-19(2,3)26-18(24)21-15-6-4-5-14(15)17(23)25-11-16(22)12-7-9-13(20)10-8-12/h7-10,14-15H,4-6,11H2,1-3H3,(H,21,24). The maximum atomic E-state index is 12.3. The first-order valence-electron chi connectivity index (χ1n) is 8.60. The van der Waals surface area contributed by atoms with Gasteiger partial charge in [-0.05, 0) is 45.7 Å². The lowest BCUT2D eigenvalue weighted by atomic mass is 10.0. The van der Waals surface area contributed by atoms with Crippen molar-refractivity contribution in [1.82, 2.24) is 5.32 Å². The van der Waals surface area contributed by atoms with Crippen molar-refractivity contribution in [2.75, 3.05) is 6.61 Å². The van der Waals surface area contributed by atoms with Gasteiger partial charge in [-0.2, -0.15) is 0 Å². The Hall–Kier alpha value is -1.89. The van der Waals surface area contributed by atoms with Crippen molar-refractivity contribution in [2.24, 2.45) is 5.92 Å². The Bertz CT molecular complexity index is 666. The molecular weight excluding hydrogens is 402 g/mol. The number of nitrogens with one attached hydrogen (secondary N) is 1. The number of rotatable bonds is 5. The van der Waals surface area contributed by atoms with Gasteiger partial charge in [-0.1, -0.05) is 34.5 Å². The Labute approximate surface area is 161 Å². The number of hydrogen-bond acceptors (Lipinski definition) is 5. The van der Waals surface area contributed by atoms with E-state index in [1.807, 2.05) is 0 Å². The molecule has 0 radical (unpaired) electrons. The number of esters is 1. The molecule has 1 aliphatic carbocycles. The Morgan fingerprint density at radius 1 is 1.15 bits per heavy atom. The molecule has 142 valence electrons. The highest BCUT2D eigenvalue weighted by atomic mass is 79.9. The summed E-state index contributed by atoms with van der Waals surface area (Å²) >= 11 is 3.30. The van der Waals surface area contributed by atoms with Crippen LogP contribution in [0.5, 0.6) is 0 Å². The fourth-order valence-corrected chi connectivity index (χ4v) is 3.10. The molecule has 7 heteroatoms. The lowest BCUT2D eigenvalue weighted by molar-refractivity contribution is -0.147. The van der Waals surface area contributed by atoms with Crippen molar-refractivity contribution in [3.63, 3.8) is 0 Å². The number of amides is 1. The molecule has 2 unspecified atom stereocenters. The lowest BCUT2D eigenvalue weighted by Crippen LogP contribution is -2.43. The fourth-order valence-electron chi connectivity index (χ4n) is 2.84. The zero-order valence-electron chi connectivity index (χ0n) is 15.2.